The molecule has 3 nitrogen and oxygen atoms in total. The second-order valence-electron chi connectivity index (χ2n) is 4.71. The summed E-state index contributed by atoms with van der Waals surface area (Å²) < 4.78 is 0. The van der Waals surface area contributed by atoms with E-state index in [-0.39, 0.29) is 0 Å². The van der Waals surface area contributed by atoms with Crippen LogP contribution in [0.1, 0.15) is 19.8 Å². The van der Waals surface area contributed by atoms with Gasteiger partial charge in [-0.2, -0.15) is 0 Å². The van der Waals surface area contributed by atoms with Gasteiger partial charge in [0.25, 0.3) is 0 Å². The highest BCUT2D eigenvalue weighted by Crippen LogP contribution is 1.93. The topological polar surface area (TPSA) is 9.72 Å². The molecule has 0 saturated carbocycles. The lowest BCUT2D eigenvalue weighted by Crippen LogP contribution is -2.27. The Balaban J connectivity index is 3.29. The third kappa shape index (κ3) is 10.2. The summed E-state index contributed by atoms with van der Waals surface area (Å²) in [4.78, 5) is 7.05. The summed E-state index contributed by atoms with van der Waals surface area (Å²) >= 11 is 0. The van der Waals surface area contributed by atoms with Crippen LogP contribution >= 0.6 is 0 Å². The van der Waals surface area contributed by atoms with Gasteiger partial charge < -0.3 is 14.7 Å². The van der Waals surface area contributed by atoms with Crippen LogP contribution in [0.3, 0.4) is 0 Å². The van der Waals surface area contributed by atoms with Gasteiger partial charge in [-0.05, 0) is 73.8 Å². The zero-order valence-corrected chi connectivity index (χ0v) is 11.3. The van der Waals surface area contributed by atoms with Crippen molar-refractivity contribution in [1.82, 2.24) is 14.7 Å². The fraction of sp³-hybridized carbons (Fsp3) is 1.00. The molecule has 0 aromatic carbocycles. The van der Waals surface area contributed by atoms with Crippen LogP contribution in [0.5, 0.6) is 0 Å². The predicted octanol–water partition coefficient (Wildman–Crippen LogP) is 1.21. The third-order valence-electron chi connectivity index (χ3n) is 2.76. The minimum Gasteiger partial charge on any atom is -0.309 e. The van der Waals surface area contributed by atoms with Crippen LogP contribution in [0.2, 0.25) is 0 Å². The normalized spacial score (nSPS) is 12.0. The molecule has 0 radical (unpaired) electrons. The second kappa shape index (κ2) is 9.13. The van der Waals surface area contributed by atoms with E-state index in [4.69, 9.17) is 0 Å². The third-order valence-corrected chi connectivity index (χ3v) is 2.76. The Labute approximate surface area is 96.0 Å². The molecule has 0 bridgehead atoms. The Kier molecular flexibility index (Phi) is 9.06. The molecule has 0 N–H and O–H groups in total. The van der Waals surface area contributed by atoms with Crippen molar-refractivity contribution in [3.05, 3.63) is 0 Å². The number of rotatable bonds is 9. The summed E-state index contributed by atoms with van der Waals surface area (Å²) in [5, 5.41) is 0. The SMILES string of the molecule is CCN(C)CCCN(C)CCCN(C)C. The smallest absolute Gasteiger partial charge is 0.000959 e. The van der Waals surface area contributed by atoms with E-state index < -0.39 is 0 Å². The predicted molar refractivity (Wildman–Crippen MR) is 68.5 cm³/mol. The first kappa shape index (κ1) is 14.9. The minimum absolute atomic E-state index is 1.16. The van der Waals surface area contributed by atoms with Crippen molar-refractivity contribution in [3.63, 3.8) is 0 Å². The van der Waals surface area contributed by atoms with Crippen molar-refractivity contribution in [3.8, 4) is 0 Å². The Morgan fingerprint density at radius 3 is 1.60 bits per heavy atom. The Bertz CT molecular complexity index is 137. The Morgan fingerprint density at radius 1 is 0.667 bits per heavy atom. The van der Waals surface area contributed by atoms with Gasteiger partial charge >= 0.3 is 0 Å². The standard InChI is InChI=1S/C12H29N3/c1-6-14(4)10-8-12-15(5)11-7-9-13(2)3/h6-12H2,1-5H3. The van der Waals surface area contributed by atoms with E-state index in [1.807, 2.05) is 0 Å². The highest BCUT2D eigenvalue weighted by Gasteiger charge is 2.00. The molecule has 0 saturated heterocycles. The van der Waals surface area contributed by atoms with E-state index in [1.54, 1.807) is 0 Å². The molecule has 0 aliphatic heterocycles. The summed E-state index contributed by atoms with van der Waals surface area (Å²) in [6.07, 6.45) is 2.55. The van der Waals surface area contributed by atoms with Gasteiger partial charge in [-0.25, -0.2) is 0 Å². The zero-order valence-electron chi connectivity index (χ0n) is 11.3. The monoisotopic (exact) mass is 215 g/mol. The van der Waals surface area contributed by atoms with E-state index in [0.717, 1.165) is 6.54 Å². The van der Waals surface area contributed by atoms with Crippen molar-refractivity contribution in [2.45, 2.75) is 19.8 Å². The van der Waals surface area contributed by atoms with Crippen molar-refractivity contribution < 1.29 is 0 Å². The largest absolute Gasteiger partial charge is 0.309 e. The molecule has 0 aliphatic rings. The summed E-state index contributed by atoms with van der Waals surface area (Å²) in [6.45, 7) is 8.21. The van der Waals surface area contributed by atoms with Crippen LogP contribution in [-0.4, -0.2) is 75.6 Å². The lowest BCUT2D eigenvalue weighted by atomic mass is 10.3. The summed E-state index contributed by atoms with van der Waals surface area (Å²) in [6, 6.07) is 0. The van der Waals surface area contributed by atoms with Crippen LogP contribution in [0.4, 0.5) is 0 Å². The van der Waals surface area contributed by atoms with E-state index in [2.05, 4.69) is 49.8 Å². The van der Waals surface area contributed by atoms with Gasteiger partial charge in [-0.3, -0.25) is 0 Å². The molecule has 0 aromatic rings. The minimum atomic E-state index is 1.16. The van der Waals surface area contributed by atoms with Crippen molar-refractivity contribution in [2.75, 3.05) is 60.9 Å². The molecule has 0 amide bonds. The zero-order chi connectivity index (χ0) is 11.7. The van der Waals surface area contributed by atoms with Gasteiger partial charge in [0, 0.05) is 0 Å². The summed E-state index contributed by atoms with van der Waals surface area (Å²) in [5.74, 6) is 0. The maximum Gasteiger partial charge on any atom is -0.000959 e. The second-order valence-corrected chi connectivity index (χ2v) is 4.71. The summed E-state index contributed by atoms with van der Waals surface area (Å²) in [5.41, 5.74) is 0. The van der Waals surface area contributed by atoms with Gasteiger partial charge in [0.05, 0.1) is 0 Å². The van der Waals surface area contributed by atoms with Gasteiger partial charge in [-0.15, -0.1) is 0 Å². The molecule has 0 fully saturated rings. The van der Waals surface area contributed by atoms with Crippen molar-refractivity contribution in [1.29, 1.82) is 0 Å². The number of hydrogen-bond acceptors (Lipinski definition) is 3. The van der Waals surface area contributed by atoms with E-state index >= 15 is 0 Å². The highest BCUT2D eigenvalue weighted by molar-refractivity contribution is 4.56. The molecular formula is C12H29N3. The maximum atomic E-state index is 2.44. The van der Waals surface area contributed by atoms with Gasteiger partial charge in [-0.1, -0.05) is 6.92 Å². The molecule has 15 heavy (non-hydrogen) atoms. The fourth-order valence-corrected chi connectivity index (χ4v) is 1.54. The molecule has 0 unspecified atom stereocenters. The first-order valence-corrected chi connectivity index (χ1v) is 6.08. The molecule has 0 atom stereocenters. The lowest BCUT2D eigenvalue weighted by Gasteiger charge is -2.20. The van der Waals surface area contributed by atoms with E-state index in [1.165, 1.54) is 39.0 Å². The summed E-state index contributed by atoms with van der Waals surface area (Å²) in [7, 11) is 8.68. The molecule has 0 rings (SSSR count). The molecule has 0 aromatic heterocycles. The van der Waals surface area contributed by atoms with Gasteiger partial charge in [0.1, 0.15) is 0 Å². The molecule has 0 heterocycles. The van der Waals surface area contributed by atoms with Crippen LogP contribution < -0.4 is 0 Å². The molecule has 3 heteroatoms. The molecule has 0 aliphatic carbocycles. The van der Waals surface area contributed by atoms with E-state index in [0.29, 0.717) is 0 Å². The number of nitrogens with zero attached hydrogens (tertiary/aromatic N) is 3. The van der Waals surface area contributed by atoms with Gasteiger partial charge in [0.2, 0.25) is 0 Å². The quantitative estimate of drug-likeness (QED) is 0.572. The average molecular weight is 215 g/mol. The van der Waals surface area contributed by atoms with Gasteiger partial charge in [0.15, 0.2) is 0 Å². The Morgan fingerprint density at radius 2 is 1.13 bits per heavy atom. The van der Waals surface area contributed by atoms with Crippen molar-refractivity contribution >= 4 is 0 Å². The van der Waals surface area contributed by atoms with Crippen molar-refractivity contribution in [2.24, 2.45) is 0 Å². The average Bonchev–Trinajstić information content (AvgIpc) is 2.17. The lowest BCUT2D eigenvalue weighted by molar-refractivity contribution is 0.271. The van der Waals surface area contributed by atoms with Crippen LogP contribution in [0.15, 0.2) is 0 Å². The Hall–Kier alpha value is -0.120. The van der Waals surface area contributed by atoms with Crippen LogP contribution in [0.25, 0.3) is 0 Å². The van der Waals surface area contributed by atoms with E-state index in [9.17, 15) is 0 Å². The first-order chi connectivity index (χ1) is 7.06. The fourth-order valence-electron chi connectivity index (χ4n) is 1.54. The molecule has 0 spiro atoms. The number of hydrogen-bond donors (Lipinski definition) is 0. The van der Waals surface area contributed by atoms with Crippen LogP contribution in [-0.2, 0) is 0 Å². The molecule has 92 valence electrons. The first-order valence-electron chi connectivity index (χ1n) is 6.08. The van der Waals surface area contributed by atoms with Crippen LogP contribution in [0, 0.1) is 0 Å². The molecular weight excluding hydrogens is 186 g/mol. The maximum absolute atomic E-state index is 2.44. The highest BCUT2D eigenvalue weighted by atomic mass is 15.1.